The van der Waals surface area contributed by atoms with Gasteiger partial charge in [-0.15, -0.1) is 0 Å². The van der Waals surface area contributed by atoms with Crippen LogP contribution in [-0.4, -0.2) is 34.2 Å². The van der Waals surface area contributed by atoms with Crippen molar-refractivity contribution in [3.63, 3.8) is 0 Å². The molecular formula is C18H23N3O3. The van der Waals surface area contributed by atoms with Crippen LogP contribution in [0.15, 0.2) is 35.4 Å². The standard InChI is InChI=1S/C18H23N3O3/c1-13(16-8-5-11-24-16)20-17(22)9-4-10-21-12-19-15-7-3-2-6-14(15)18(21)23/h2-3,6-7,12-13,16H,4-5,8-11H2,1H3,(H,20,22)/t13-,16+/m1/s1. The normalized spacial score (nSPS) is 18.6. The molecule has 2 heterocycles. The number of rotatable bonds is 6. The number of para-hydroxylation sites is 1. The van der Waals surface area contributed by atoms with E-state index in [1.165, 1.54) is 0 Å². The van der Waals surface area contributed by atoms with E-state index >= 15 is 0 Å². The number of hydrogen-bond acceptors (Lipinski definition) is 4. The monoisotopic (exact) mass is 329 g/mol. The second-order valence-electron chi connectivity index (χ2n) is 6.27. The van der Waals surface area contributed by atoms with Crippen molar-refractivity contribution in [2.45, 2.75) is 51.3 Å². The summed E-state index contributed by atoms with van der Waals surface area (Å²) in [7, 11) is 0. The largest absolute Gasteiger partial charge is 0.376 e. The van der Waals surface area contributed by atoms with Gasteiger partial charge in [0.25, 0.3) is 5.56 Å². The van der Waals surface area contributed by atoms with Crippen LogP contribution in [0.25, 0.3) is 10.9 Å². The summed E-state index contributed by atoms with van der Waals surface area (Å²) in [5, 5.41) is 3.59. The number of aryl methyl sites for hydroxylation is 1. The molecule has 1 aliphatic heterocycles. The van der Waals surface area contributed by atoms with Crippen LogP contribution in [0.2, 0.25) is 0 Å². The van der Waals surface area contributed by atoms with Crippen molar-refractivity contribution in [2.75, 3.05) is 6.61 Å². The highest BCUT2D eigenvalue weighted by Gasteiger charge is 2.23. The van der Waals surface area contributed by atoms with Gasteiger partial charge in [-0.1, -0.05) is 12.1 Å². The molecule has 0 radical (unpaired) electrons. The minimum Gasteiger partial charge on any atom is -0.376 e. The third kappa shape index (κ3) is 3.82. The average Bonchev–Trinajstić information content (AvgIpc) is 3.12. The van der Waals surface area contributed by atoms with Gasteiger partial charge in [-0.05, 0) is 38.3 Å². The lowest BCUT2D eigenvalue weighted by Crippen LogP contribution is -2.40. The van der Waals surface area contributed by atoms with Crippen LogP contribution in [0, 0.1) is 0 Å². The first kappa shape index (κ1) is 16.6. The van der Waals surface area contributed by atoms with Gasteiger partial charge in [0.15, 0.2) is 0 Å². The summed E-state index contributed by atoms with van der Waals surface area (Å²) in [4.78, 5) is 28.7. The van der Waals surface area contributed by atoms with E-state index in [1.54, 1.807) is 17.0 Å². The maximum Gasteiger partial charge on any atom is 0.261 e. The van der Waals surface area contributed by atoms with Crippen molar-refractivity contribution in [1.82, 2.24) is 14.9 Å². The number of carbonyl (C=O) groups excluding carboxylic acids is 1. The molecule has 2 aromatic rings. The molecule has 1 N–H and O–H groups in total. The maximum absolute atomic E-state index is 12.4. The Morgan fingerprint density at radius 1 is 1.46 bits per heavy atom. The predicted molar refractivity (Wildman–Crippen MR) is 91.8 cm³/mol. The smallest absolute Gasteiger partial charge is 0.261 e. The van der Waals surface area contributed by atoms with E-state index < -0.39 is 0 Å². The topological polar surface area (TPSA) is 73.2 Å². The Hall–Kier alpha value is -2.21. The summed E-state index contributed by atoms with van der Waals surface area (Å²) < 4.78 is 7.15. The van der Waals surface area contributed by atoms with E-state index in [4.69, 9.17) is 4.74 Å². The highest BCUT2D eigenvalue weighted by molar-refractivity contribution is 5.77. The molecular weight excluding hydrogens is 306 g/mol. The number of hydrogen-bond donors (Lipinski definition) is 1. The van der Waals surface area contributed by atoms with E-state index in [0.717, 1.165) is 19.4 Å². The molecule has 1 fully saturated rings. The number of fused-ring (bicyclic) bond motifs is 1. The summed E-state index contributed by atoms with van der Waals surface area (Å²) in [6, 6.07) is 7.32. The highest BCUT2D eigenvalue weighted by atomic mass is 16.5. The van der Waals surface area contributed by atoms with Gasteiger partial charge in [0.1, 0.15) is 0 Å². The number of nitrogens with zero attached hydrogens (tertiary/aromatic N) is 2. The summed E-state index contributed by atoms with van der Waals surface area (Å²) in [6.45, 7) is 3.24. The molecule has 0 bridgehead atoms. The van der Waals surface area contributed by atoms with E-state index in [-0.39, 0.29) is 23.6 Å². The highest BCUT2D eigenvalue weighted by Crippen LogP contribution is 2.15. The zero-order chi connectivity index (χ0) is 16.9. The van der Waals surface area contributed by atoms with Crippen LogP contribution >= 0.6 is 0 Å². The minimum atomic E-state index is -0.0614. The predicted octanol–water partition coefficient (Wildman–Crippen LogP) is 1.86. The van der Waals surface area contributed by atoms with Crippen LogP contribution in [-0.2, 0) is 16.1 Å². The maximum atomic E-state index is 12.4. The SMILES string of the molecule is C[C@@H](NC(=O)CCCn1cnc2ccccc2c1=O)[C@@H]1CCCO1. The number of ether oxygens (including phenoxy) is 1. The van der Waals surface area contributed by atoms with Gasteiger partial charge in [0.05, 0.1) is 29.4 Å². The lowest BCUT2D eigenvalue weighted by Gasteiger charge is -2.20. The fraction of sp³-hybridized carbons (Fsp3) is 0.500. The molecule has 0 spiro atoms. The Balaban J connectivity index is 1.52. The van der Waals surface area contributed by atoms with Crippen molar-refractivity contribution < 1.29 is 9.53 Å². The molecule has 1 saturated heterocycles. The molecule has 128 valence electrons. The van der Waals surface area contributed by atoms with Crippen LogP contribution in [0.4, 0.5) is 0 Å². The number of benzene rings is 1. The van der Waals surface area contributed by atoms with Crippen LogP contribution in [0.5, 0.6) is 0 Å². The molecule has 1 aromatic carbocycles. The first-order valence-corrected chi connectivity index (χ1v) is 8.50. The van der Waals surface area contributed by atoms with Crippen molar-refractivity contribution in [3.05, 3.63) is 40.9 Å². The van der Waals surface area contributed by atoms with E-state index in [1.807, 2.05) is 25.1 Å². The van der Waals surface area contributed by atoms with Crippen molar-refractivity contribution >= 4 is 16.8 Å². The third-order valence-electron chi connectivity index (χ3n) is 4.45. The van der Waals surface area contributed by atoms with Gasteiger partial charge in [0, 0.05) is 19.6 Å². The van der Waals surface area contributed by atoms with E-state index in [9.17, 15) is 9.59 Å². The molecule has 1 amide bonds. The zero-order valence-electron chi connectivity index (χ0n) is 13.9. The van der Waals surface area contributed by atoms with E-state index in [2.05, 4.69) is 10.3 Å². The van der Waals surface area contributed by atoms with Gasteiger partial charge in [-0.3, -0.25) is 14.2 Å². The molecule has 1 aliphatic rings. The Kier molecular flexibility index (Phi) is 5.25. The van der Waals surface area contributed by atoms with Gasteiger partial charge in [-0.25, -0.2) is 4.98 Å². The van der Waals surface area contributed by atoms with Crippen LogP contribution in [0.1, 0.15) is 32.6 Å². The van der Waals surface area contributed by atoms with Crippen molar-refractivity contribution in [1.29, 1.82) is 0 Å². The van der Waals surface area contributed by atoms with Gasteiger partial charge in [0.2, 0.25) is 5.91 Å². The second-order valence-corrected chi connectivity index (χ2v) is 6.27. The second kappa shape index (κ2) is 7.57. The summed E-state index contributed by atoms with van der Waals surface area (Å²) in [5.74, 6) is -0.000188. The van der Waals surface area contributed by atoms with Crippen LogP contribution in [0.3, 0.4) is 0 Å². The molecule has 0 aliphatic carbocycles. The Morgan fingerprint density at radius 2 is 2.29 bits per heavy atom. The molecule has 1 aromatic heterocycles. The third-order valence-corrected chi connectivity index (χ3v) is 4.45. The molecule has 0 unspecified atom stereocenters. The van der Waals surface area contributed by atoms with Crippen LogP contribution < -0.4 is 10.9 Å². The zero-order valence-corrected chi connectivity index (χ0v) is 13.9. The number of nitrogens with one attached hydrogen (secondary N) is 1. The molecule has 6 nitrogen and oxygen atoms in total. The van der Waals surface area contributed by atoms with Gasteiger partial charge < -0.3 is 10.1 Å². The fourth-order valence-electron chi connectivity index (χ4n) is 3.09. The minimum absolute atomic E-state index is 0.000188. The Morgan fingerprint density at radius 3 is 3.08 bits per heavy atom. The lowest BCUT2D eigenvalue weighted by atomic mass is 10.1. The fourth-order valence-corrected chi connectivity index (χ4v) is 3.09. The number of aromatic nitrogens is 2. The quantitative estimate of drug-likeness (QED) is 0.878. The van der Waals surface area contributed by atoms with Gasteiger partial charge in [-0.2, -0.15) is 0 Å². The first-order chi connectivity index (χ1) is 11.6. The molecule has 24 heavy (non-hydrogen) atoms. The van der Waals surface area contributed by atoms with Crippen molar-refractivity contribution in [3.8, 4) is 0 Å². The molecule has 2 atom stereocenters. The lowest BCUT2D eigenvalue weighted by molar-refractivity contribution is -0.122. The number of amides is 1. The molecule has 6 heteroatoms. The Labute approximate surface area is 140 Å². The summed E-state index contributed by atoms with van der Waals surface area (Å²) >= 11 is 0. The Bertz CT molecular complexity index is 765. The summed E-state index contributed by atoms with van der Waals surface area (Å²) in [5.41, 5.74) is 0.635. The average molecular weight is 329 g/mol. The first-order valence-electron chi connectivity index (χ1n) is 8.50. The molecule has 0 saturated carbocycles. The van der Waals surface area contributed by atoms with E-state index in [0.29, 0.717) is 30.3 Å². The van der Waals surface area contributed by atoms with Crippen molar-refractivity contribution in [2.24, 2.45) is 0 Å². The summed E-state index contributed by atoms with van der Waals surface area (Å²) in [6.07, 6.45) is 4.72. The number of carbonyl (C=O) groups is 1. The molecule has 3 rings (SSSR count). The van der Waals surface area contributed by atoms with Gasteiger partial charge >= 0.3 is 0 Å².